The molecule has 1 amide bonds. The van der Waals surface area contributed by atoms with Gasteiger partial charge in [-0.15, -0.1) is 0 Å². The van der Waals surface area contributed by atoms with Gasteiger partial charge in [0.15, 0.2) is 0 Å². The number of hydrogen-bond donors (Lipinski definition) is 2. The molecule has 3 unspecified atom stereocenters. The van der Waals surface area contributed by atoms with Crippen LogP contribution in [-0.2, 0) is 9.53 Å². The molecule has 0 aromatic rings. The van der Waals surface area contributed by atoms with E-state index < -0.39 is 5.54 Å². The Labute approximate surface area is 127 Å². The zero-order chi connectivity index (χ0) is 14.9. The summed E-state index contributed by atoms with van der Waals surface area (Å²) < 4.78 is 5.62. The molecule has 3 atom stereocenters. The van der Waals surface area contributed by atoms with Crippen LogP contribution in [0, 0.1) is 0 Å². The number of ether oxygens (including phenoxy) is 1. The van der Waals surface area contributed by atoms with Crippen LogP contribution in [0.1, 0.15) is 51.9 Å². The van der Waals surface area contributed by atoms with Crippen LogP contribution in [0.25, 0.3) is 0 Å². The predicted octanol–water partition coefficient (Wildman–Crippen LogP) is 1.02. The molecular weight excluding hydrogens is 266 g/mol. The summed E-state index contributed by atoms with van der Waals surface area (Å²) in [6.45, 7) is 4.85. The van der Waals surface area contributed by atoms with Crippen LogP contribution in [0.2, 0.25) is 0 Å². The lowest BCUT2D eigenvalue weighted by atomic mass is 9.77. The molecule has 0 spiro atoms. The monoisotopic (exact) mass is 295 g/mol. The molecule has 5 heteroatoms. The summed E-state index contributed by atoms with van der Waals surface area (Å²) in [5.41, 5.74) is 5.32. The van der Waals surface area contributed by atoms with Gasteiger partial charge in [0.05, 0.1) is 18.8 Å². The second kappa shape index (κ2) is 6.23. The molecular formula is C16H29N3O2. The van der Waals surface area contributed by atoms with Crippen LogP contribution in [0.3, 0.4) is 0 Å². The molecule has 0 radical (unpaired) electrons. The lowest BCUT2D eigenvalue weighted by molar-refractivity contribution is -0.128. The fourth-order valence-electron chi connectivity index (χ4n) is 4.07. The van der Waals surface area contributed by atoms with E-state index in [2.05, 4.69) is 17.1 Å². The predicted molar refractivity (Wildman–Crippen MR) is 81.9 cm³/mol. The van der Waals surface area contributed by atoms with Crippen molar-refractivity contribution >= 4 is 5.91 Å². The summed E-state index contributed by atoms with van der Waals surface area (Å²) in [5, 5.41) is 3.58. The van der Waals surface area contributed by atoms with Crippen LogP contribution in [-0.4, -0.2) is 54.2 Å². The van der Waals surface area contributed by atoms with Crippen molar-refractivity contribution in [3.8, 4) is 0 Å². The maximum absolute atomic E-state index is 12.1. The first-order valence-electron chi connectivity index (χ1n) is 8.56. The van der Waals surface area contributed by atoms with E-state index in [0.29, 0.717) is 18.1 Å². The summed E-state index contributed by atoms with van der Waals surface area (Å²) >= 11 is 0. The Morgan fingerprint density at radius 2 is 2.24 bits per heavy atom. The number of primary amides is 1. The summed E-state index contributed by atoms with van der Waals surface area (Å²) in [4.78, 5) is 14.7. The number of hydrogen-bond acceptors (Lipinski definition) is 4. The summed E-state index contributed by atoms with van der Waals surface area (Å²) in [6, 6.07) is 1.47. The Morgan fingerprint density at radius 3 is 2.90 bits per heavy atom. The smallest absolute Gasteiger partial charge is 0.237 e. The minimum absolute atomic E-state index is 0.152. The van der Waals surface area contributed by atoms with E-state index in [9.17, 15) is 4.79 Å². The molecule has 2 saturated carbocycles. The van der Waals surface area contributed by atoms with E-state index in [0.717, 1.165) is 45.4 Å². The van der Waals surface area contributed by atoms with Gasteiger partial charge in [-0.3, -0.25) is 9.69 Å². The van der Waals surface area contributed by atoms with E-state index in [4.69, 9.17) is 10.5 Å². The maximum Gasteiger partial charge on any atom is 0.237 e. The highest BCUT2D eigenvalue weighted by molar-refractivity contribution is 5.85. The van der Waals surface area contributed by atoms with Crippen LogP contribution in [0.5, 0.6) is 0 Å². The zero-order valence-electron chi connectivity index (χ0n) is 13.1. The maximum atomic E-state index is 12.1. The van der Waals surface area contributed by atoms with Gasteiger partial charge in [0.25, 0.3) is 0 Å². The molecule has 120 valence electrons. The van der Waals surface area contributed by atoms with E-state index >= 15 is 0 Å². The first-order valence-corrected chi connectivity index (χ1v) is 8.56. The number of amides is 1. The molecule has 3 N–H and O–H groups in total. The molecule has 5 nitrogen and oxygen atoms in total. The molecule has 3 aliphatic rings. The third-order valence-corrected chi connectivity index (χ3v) is 5.47. The Kier molecular flexibility index (Phi) is 4.52. The van der Waals surface area contributed by atoms with Crippen LogP contribution < -0.4 is 11.1 Å². The fourth-order valence-corrected chi connectivity index (χ4v) is 4.07. The van der Waals surface area contributed by atoms with Crippen molar-refractivity contribution in [2.45, 2.75) is 75.5 Å². The molecule has 1 aliphatic heterocycles. The second-order valence-electron chi connectivity index (χ2n) is 6.99. The molecule has 1 heterocycles. The number of carbonyl (C=O) groups excluding carboxylic acids is 1. The zero-order valence-corrected chi connectivity index (χ0v) is 13.1. The quantitative estimate of drug-likeness (QED) is 0.794. The third kappa shape index (κ3) is 3.25. The number of carbonyl (C=O) groups is 1. The summed E-state index contributed by atoms with van der Waals surface area (Å²) in [6.07, 6.45) is 7.52. The van der Waals surface area contributed by atoms with E-state index in [-0.39, 0.29) is 5.91 Å². The van der Waals surface area contributed by atoms with Gasteiger partial charge < -0.3 is 15.8 Å². The molecule has 0 bridgehead atoms. The molecule has 21 heavy (non-hydrogen) atoms. The largest absolute Gasteiger partial charge is 0.378 e. The third-order valence-electron chi connectivity index (χ3n) is 5.47. The minimum Gasteiger partial charge on any atom is -0.378 e. The Bertz CT molecular complexity index is 386. The van der Waals surface area contributed by atoms with Crippen molar-refractivity contribution in [1.29, 1.82) is 0 Å². The number of morpholine rings is 1. The number of nitrogens with one attached hydrogen (secondary N) is 1. The standard InChI is InChI=1S/C16H29N3O2/c1-2-13-11-21-9-8-19(13)14-4-3-7-16(10-14,15(17)20)18-12-5-6-12/h12-14,18H,2-11H2,1H3,(H2,17,20). The number of nitrogens with two attached hydrogens (primary N) is 1. The van der Waals surface area contributed by atoms with Gasteiger partial charge >= 0.3 is 0 Å². The van der Waals surface area contributed by atoms with Crippen molar-refractivity contribution in [2.24, 2.45) is 5.73 Å². The lowest BCUT2D eigenvalue weighted by Crippen LogP contribution is -2.63. The van der Waals surface area contributed by atoms with Gasteiger partial charge in [0.2, 0.25) is 5.91 Å². The van der Waals surface area contributed by atoms with Crippen molar-refractivity contribution in [2.75, 3.05) is 19.8 Å². The fraction of sp³-hybridized carbons (Fsp3) is 0.938. The van der Waals surface area contributed by atoms with Gasteiger partial charge in [-0.05, 0) is 44.9 Å². The Balaban J connectivity index is 1.72. The molecule has 3 rings (SSSR count). The van der Waals surface area contributed by atoms with Gasteiger partial charge in [-0.25, -0.2) is 0 Å². The topological polar surface area (TPSA) is 67.6 Å². The molecule has 0 aromatic carbocycles. The first-order chi connectivity index (χ1) is 10.1. The lowest BCUT2D eigenvalue weighted by Gasteiger charge is -2.47. The normalized spacial score (nSPS) is 38.3. The molecule has 0 aromatic heterocycles. The van der Waals surface area contributed by atoms with Gasteiger partial charge in [-0.1, -0.05) is 6.92 Å². The number of rotatable bonds is 5. The van der Waals surface area contributed by atoms with Crippen LogP contribution >= 0.6 is 0 Å². The van der Waals surface area contributed by atoms with Crippen molar-refractivity contribution in [3.05, 3.63) is 0 Å². The first kappa shape index (κ1) is 15.3. The average molecular weight is 295 g/mol. The molecule has 2 aliphatic carbocycles. The summed E-state index contributed by atoms with van der Waals surface area (Å²) in [5.74, 6) is -0.152. The molecule has 1 saturated heterocycles. The van der Waals surface area contributed by atoms with E-state index in [1.165, 1.54) is 19.3 Å². The van der Waals surface area contributed by atoms with E-state index in [1.807, 2.05) is 0 Å². The number of nitrogens with zero attached hydrogens (tertiary/aromatic N) is 1. The Morgan fingerprint density at radius 1 is 1.43 bits per heavy atom. The van der Waals surface area contributed by atoms with Gasteiger partial charge in [-0.2, -0.15) is 0 Å². The highest BCUT2D eigenvalue weighted by atomic mass is 16.5. The average Bonchev–Trinajstić information content (AvgIpc) is 3.31. The van der Waals surface area contributed by atoms with Gasteiger partial charge in [0.1, 0.15) is 0 Å². The van der Waals surface area contributed by atoms with Crippen LogP contribution in [0.4, 0.5) is 0 Å². The van der Waals surface area contributed by atoms with Crippen molar-refractivity contribution in [1.82, 2.24) is 10.2 Å². The summed E-state index contributed by atoms with van der Waals surface area (Å²) in [7, 11) is 0. The van der Waals surface area contributed by atoms with Gasteiger partial charge in [0, 0.05) is 24.7 Å². The second-order valence-corrected chi connectivity index (χ2v) is 6.99. The van der Waals surface area contributed by atoms with Crippen molar-refractivity contribution < 1.29 is 9.53 Å². The van der Waals surface area contributed by atoms with Crippen molar-refractivity contribution in [3.63, 3.8) is 0 Å². The minimum atomic E-state index is -0.472. The van der Waals surface area contributed by atoms with E-state index in [1.54, 1.807) is 0 Å². The highest BCUT2D eigenvalue weighted by Crippen LogP contribution is 2.36. The Hall–Kier alpha value is -0.650. The van der Waals surface area contributed by atoms with Crippen LogP contribution in [0.15, 0.2) is 0 Å². The SMILES string of the molecule is CCC1COCCN1C1CCCC(NC2CC2)(C(N)=O)C1. The molecule has 3 fully saturated rings. The highest BCUT2D eigenvalue weighted by Gasteiger charge is 2.46.